The third-order valence-electron chi connectivity index (χ3n) is 3.13. The summed E-state index contributed by atoms with van der Waals surface area (Å²) in [6, 6.07) is 6.11. The first kappa shape index (κ1) is 12.8. The summed E-state index contributed by atoms with van der Waals surface area (Å²) in [6.45, 7) is 7.81. The standard InChI is InChI=1S/C15H19NO2/c1-5-14-15(10(3)16-18-14)13-7-9(2)6-12(8-13)11(4)17/h6-8,11,17H,5H2,1-4H3. The highest BCUT2D eigenvalue weighted by Gasteiger charge is 2.15. The Labute approximate surface area is 107 Å². The number of aryl methyl sites for hydroxylation is 3. The summed E-state index contributed by atoms with van der Waals surface area (Å²) in [7, 11) is 0. The van der Waals surface area contributed by atoms with Crippen molar-refractivity contribution in [1.82, 2.24) is 5.16 Å². The van der Waals surface area contributed by atoms with E-state index < -0.39 is 6.10 Å². The maximum absolute atomic E-state index is 9.73. The minimum Gasteiger partial charge on any atom is -0.389 e. The minimum atomic E-state index is -0.464. The molecule has 0 bridgehead atoms. The van der Waals surface area contributed by atoms with Gasteiger partial charge in [-0.2, -0.15) is 0 Å². The molecule has 0 aliphatic carbocycles. The summed E-state index contributed by atoms with van der Waals surface area (Å²) >= 11 is 0. The molecule has 1 heterocycles. The van der Waals surface area contributed by atoms with Gasteiger partial charge in [0.25, 0.3) is 0 Å². The average molecular weight is 245 g/mol. The van der Waals surface area contributed by atoms with Crippen LogP contribution in [0.5, 0.6) is 0 Å². The Hall–Kier alpha value is -1.61. The predicted octanol–water partition coefficient (Wildman–Crippen LogP) is 3.57. The van der Waals surface area contributed by atoms with E-state index in [9.17, 15) is 5.11 Å². The highest BCUT2D eigenvalue weighted by molar-refractivity contribution is 5.69. The Morgan fingerprint density at radius 2 is 2.00 bits per heavy atom. The monoisotopic (exact) mass is 245 g/mol. The maximum Gasteiger partial charge on any atom is 0.144 e. The lowest BCUT2D eigenvalue weighted by Gasteiger charge is -2.10. The van der Waals surface area contributed by atoms with Crippen LogP contribution < -0.4 is 0 Å². The molecule has 3 nitrogen and oxygen atoms in total. The summed E-state index contributed by atoms with van der Waals surface area (Å²) in [6.07, 6.45) is 0.350. The van der Waals surface area contributed by atoms with Crippen LogP contribution in [0.3, 0.4) is 0 Å². The van der Waals surface area contributed by atoms with Gasteiger partial charge in [-0.15, -0.1) is 0 Å². The summed E-state index contributed by atoms with van der Waals surface area (Å²) in [5.41, 5.74) is 5.08. The van der Waals surface area contributed by atoms with Crippen molar-refractivity contribution in [2.45, 2.75) is 40.2 Å². The van der Waals surface area contributed by atoms with Crippen LogP contribution in [-0.2, 0) is 6.42 Å². The Morgan fingerprint density at radius 1 is 1.28 bits per heavy atom. The lowest BCUT2D eigenvalue weighted by atomic mass is 9.96. The molecule has 0 saturated heterocycles. The van der Waals surface area contributed by atoms with Crippen molar-refractivity contribution >= 4 is 0 Å². The molecule has 3 heteroatoms. The molecule has 0 amide bonds. The third kappa shape index (κ3) is 2.31. The van der Waals surface area contributed by atoms with Gasteiger partial charge in [0.1, 0.15) is 5.76 Å². The topological polar surface area (TPSA) is 46.3 Å². The molecule has 1 unspecified atom stereocenters. The second-order valence-corrected chi connectivity index (χ2v) is 4.73. The SMILES string of the molecule is CCc1onc(C)c1-c1cc(C)cc(C(C)O)c1. The van der Waals surface area contributed by atoms with Gasteiger partial charge in [-0.05, 0) is 38.0 Å². The number of hydrogen-bond donors (Lipinski definition) is 1. The van der Waals surface area contributed by atoms with Gasteiger partial charge >= 0.3 is 0 Å². The molecule has 1 N–H and O–H groups in total. The van der Waals surface area contributed by atoms with E-state index in [0.29, 0.717) is 0 Å². The molecule has 1 aromatic carbocycles. The molecular weight excluding hydrogens is 226 g/mol. The number of hydrogen-bond acceptors (Lipinski definition) is 3. The Morgan fingerprint density at radius 3 is 2.61 bits per heavy atom. The predicted molar refractivity (Wildman–Crippen MR) is 71.4 cm³/mol. The summed E-state index contributed by atoms with van der Waals surface area (Å²) in [5.74, 6) is 0.898. The minimum absolute atomic E-state index is 0.464. The highest BCUT2D eigenvalue weighted by Crippen LogP contribution is 2.30. The third-order valence-corrected chi connectivity index (χ3v) is 3.13. The van der Waals surface area contributed by atoms with Crippen molar-refractivity contribution < 1.29 is 9.63 Å². The zero-order chi connectivity index (χ0) is 13.3. The molecule has 0 spiro atoms. The lowest BCUT2D eigenvalue weighted by molar-refractivity contribution is 0.199. The maximum atomic E-state index is 9.73. The smallest absolute Gasteiger partial charge is 0.144 e. The van der Waals surface area contributed by atoms with Crippen LogP contribution in [0.1, 0.15) is 42.5 Å². The fraction of sp³-hybridized carbons (Fsp3) is 0.400. The molecule has 1 atom stereocenters. The summed E-state index contributed by atoms with van der Waals surface area (Å²) < 4.78 is 5.33. The van der Waals surface area contributed by atoms with Crippen molar-refractivity contribution in [3.8, 4) is 11.1 Å². The lowest BCUT2D eigenvalue weighted by Crippen LogP contribution is -1.94. The second kappa shape index (κ2) is 4.94. The molecule has 0 radical (unpaired) electrons. The quantitative estimate of drug-likeness (QED) is 0.899. The molecule has 96 valence electrons. The van der Waals surface area contributed by atoms with Crippen LogP contribution >= 0.6 is 0 Å². The van der Waals surface area contributed by atoms with E-state index in [-0.39, 0.29) is 0 Å². The van der Waals surface area contributed by atoms with Crippen LogP contribution in [0.15, 0.2) is 22.7 Å². The molecule has 1 aromatic heterocycles. The van der Waals surface area contributed by atoms with Crippen molar-refractivity contribution in [3.63, 3.8) is 0 Å². The Kier molecular flexibility index (Phi) is 3.53. The zero-order valence-electron chi connectivity index (χ0n) is 11.3. The number of rotatable bonds is 3. The van der Waals surface area contributed by atoms with Crippen LogP contribution in [0.25, 0.3) is 11.1 Å². The van der Waals surface area contributed by atoms with Crippen molar-refractivity contribution in [3.05, 3.63) is 40.8 Å². The van der Waals surface area contributed by atoms with Gasteiger partial charge < -0.3 is 9.63 Å². The fourth-order valence-corrected chi connectivity index (χ4v) is 2.23. The second-order valence-electron chi connectivity index (χ2n) is 4.73. The number of aliphatic hydroxyl groups is 1. The van der Waals surface area contributed by atoms with E-state index in [4.69, 9.17) is 4.52 Å². The van der Waals surface area contributed by atoms with Gasteiger partial charge in [0.05, 0.1) is 11.8 Å². The van der Waals surface area contributed by atoms with Gasteiger partial charge in [-0.1, -0.05) is 29.8 Å². The van der Waals surface area contributed by atoms with Crippen molar-refractivity contribution in [1.29, 1.82) is 0 Å². The van der Waals surface area contributed by atoms with Crippen LogP contribution in [0.2, 0.25) is 0 Å². The van der Waals surface area contributed by atoms with Crippen molar-refractivity contribution in [2.75, 3.05) is 0 Å². The number of aromatic nitrogens is 1. The molecule has 2 rings (SSSR count). The first-order valence-corrected chi connectivity index (χ1v) is 6.28. The largest absolute Gasteiger partial charge is 0.389 e. The summed E-state index contributed by atoms with van der Waals surface area (Å²) in [5, 5.41) is 13.8. The molecule has 0 aliphatic heterocycles. The number of nitrogens with zero attached hydrogens (tertiary/aromatic N) is 1. The van der Waals surface area contributed by atoms with E-state index >= 15 is 0 Å². The highest BCUT2D eigenvalue weighted by atomic mass is 16.5. The van der Waals surface area contributed by atoms with Gasteiger partial charge in [0, 0.05) is 12.0 Å². The van der Waals surface area contributed by atoms with E-state index in [1.165, 1.54) is 0 Å². The molecule has 2 aromatic rings. The van der Waals surface area contributed by atoms with Crippen LogP contribution in [-0.4, -0.2) is 10.3 Å². The molecular formula is C15H19NO2. The van der Waals surface area contributed by atoms with E-state index in [1.807, 2.05) is 26.0 Å². The zero-order valence-corrected chi connectivity index (χ0v) is 11.3. The van der Waals surface area contributed by atoms with E-state index in [1.54, 1.807) is 6.92 Å². The first-order chi connectivity index (χ1) is 8.52. The Bertz CT molecular complexity index is 556. The molecule has 18 heavy (non-hydrogen) atoms. The van der Waals surface area contributed by atoms with Gasteiger partial charge in [-0.25, -0.2) is 0 Å². The summed E-state index contributed by atoms with van der Waals surface area (Å²) in [4.78, 5) is 0. The average Bonchev–Trinajstić information content (AvgIpc) is 2.69. The van der Waals surface area contributed by atoms with E-state index in [2.05, 4.69) is 18.1 Å². The van der Waals surface area contributed by atoms with Crippen LogP contribution in [0, 0.1) is 13.8 Å². The van der Waals surface area contributed by atoms with E-state index in [0.717, 1.165) is 40.1 Å². The molecule has 0 fully saturated rings. The van der Waals surface area contributed by atoms with Crippen LogP contribution in [0.4, 0.5) is 0 Å². The fourth-order valence-electron chi connectivity index (χ4n) is 2.23. The van der Waals surface area contributed by atoms with Gasteiger partial charge in [0.15, 0.2) is 0 Å². The van der Waals surface area contributed by atoms with Crippen molar-refractivity contribution in [2.24, 2.45) is 0 Å². The van der Waals surface area contributed by atoms with Gasteiger partial charge in [-0.3, -0.25) is 0 Å². The number of benzene rings is 1. The first-order valence-electron chi connectivity index (χ1n) is 6.28. The number of aliphatic hydroxyl groups excluding tert-OH is 1. The Balaban J connectivity index is 2.59. The normalized spacial score (nSPS) is 12.7. The van der Waals surface area contributed by atoms with Gasteiger partial charge in [0.2, 0.25) is 0 Å². The molecule has 0 saturated carbocycles. The molecule has 0 aliphatic rings.